The molecule has 6 heteroatoms. The van der Waals surface area contributed by atoms with E-state index in [1.54, 1.807) is 0 Å². The van der Waals surface area contributed by atoms with E-state index in [9.17, 15) is 0 Å². The molecule has 3 rings (SSSR count). The van der Waals surface area contributed by atoms with Crippen LogP contribution in [-0.2, 0) is 0 Å². The van der Waals surface area contributed by atoms with E-state index in [-0.39, 0.29) is 0 Å². The number of nitrogen functional groups attached to an aromatic ring is 1. The molecule has 1 aromatic carbocycles. The molecule has 1 saturated carbocycles. The fraction of sp³-hybridized carbons (Fsp3) is 0.333. The fourth-order valence-corrected chi connectivity index (χ4v) is 4.18. The first-order valence-electron chi connectivity index (χ1n) is 6.84. The van der Waals surface area contributed by atoms with Gasteiger partial charge in [-0.25, -0.2) is 9.97 Å². The van der Waals surface area contributed by atoms with Crippen LogP contribution in [0.25, 0.3) is 11.4 Å². The van der Waals surface area contributed by atoms with Crippen LogP contribution in [0.4, 0.5) is 5.82 Å². The summed E-state index contributed by atoms with van der Waals surface area (Å²) < 4.78 is 1.92. The minimum Gasteiger partial charge on any atom is -0.383 e. The minimum absolute atomic E-state index is 0.496. The monoisotopic (exact) mass is 477 g/mol. The first kappa shape index (κ1) is 15.5. The predicted octanol–water partition coefficient (Wildman–Crippen LogP) is 5.40. The molecule has 3 nitrogen and oxygen atoms in total. The summed E-state index contributed by atoms with van der Waals surface area (Å²) in [6.07, 6.45) is 4.89. The average Bonchev–Trinajstić information content (AvgIpc) is 2.96. The molecule has 2 N–H and O–H groups in total. The third kappa shape index (κ3) is 3.19. The lowest BCUT2D eigenvalue weighted by atomic mass is 10.0. The predicted molar refractivity (Wildman–Crippen MR) is 98.5 cm³/mol. The van der Waals surface area contributed by atoms with Crippen LogP contribution in [0, 0.1) is 3.57 Å². The lowest BCUT2D eigenvalue weighted by Crippen LogP contribution is -2.08. The quantitative estimate of drug-likeness (QED) is 0.588. The van der Waals surface area contributed by atoms with Gasteiger partial charge in [0.15, 0.2) is 5.82 Å². The van der Waals surface area contributed by atoms with Gasteiger partial charge < -0.3 is 5.73 Å². The van der Waals surface area contributed by atoms with Crippen molar-refractivity contribution in [2.45, 2.75) is 31.6 Å². The number of nitrogens with two attached hydrogens (primary N) is 1. The van der Waals surface area contributed by atoms with Gasteiger partial charge in [-0.3, -0.25) is 0 Å². The molecule has 1 aliphatic rings. The van der Waals surface area contributed by atoms with Gasteiger partial charge in [0.25, 0.3) is 0 Å². The largest absolute Gasteiger partial charge is 0.383 e. The molecule has 0 unspecified atom stereocenters. The second-order valence-corrected chi connectivity index (χ2v) is 7.64. The van der Waals surface area contributed by atoms with Gasteiger partial charge in [-0.15, -0.1) is 0 Å². The molecule has 1 fully saturated rings. The smallest absolute Gasteiger partial charge is 0.163 e. The summed E-state index contributed by atoms with van der Waals surface area (Å²) in [6.45, 7) is 0. The molecule has 110 valence electrons. The molecule has 1 aromatic heterocycles. The first-order valence-corrected chi connectivity index (χ1v) is 9.09. The summed E-state index contributed by atoms with van der Waals surface area (Å²) in [5.74, 6) is 1.66. The zero-order valence-corrected chi connectivity index (χ0v) is 15.7. The Morgan fingerprint density at radius 2 is 1.95 bits per heavy atom. The van der Waals surface area contributed by atoms with E-state index < -0.39 is 0 Å². The maximum atomic E-state index is 6.32. The fourth-order valence-electron chi connectivity index (χ4n) is 2.74. The highest BCUT2D eigenvalue weighted by Crippen LogP contribution is 2.38. The number of anilines is 1. The SMILES string of the molecule is Nc1nc(-c2ccc(Br)cc2Cl)nc(C2CCCC2)c1I. The van der Waals surface area contributed by atoms with Crippen molar-refractivity contribution >= 4 is 55.9 Å². The highest BCUT2D eigenvalue weighted by Gasteiger charge is 2.24. The number of halogens is 3. The summed E-state index contributed by atoms with van der Waals surface area (Å²) in [6, 6.07) is 5.71. The Morgan fingerprint density at radius 3 is 2.62 bits per heavy atom. The Bertz CT molecular complexity index is 687. The van der Waals surface area contributed by atoms with E-state index in [1.165, 1.54) is 25.7 Å². The molecule has 1 aliphatic carbocycles. The minimum atomic E-state index is 0.496. The first-order chi connectivity index (χ1) is 10.1. The summed E-state index contributed by atoms with van der Waals surface area (Å²) in [5, 5.41) is 0.627. The normalized spacial score (nSPS) is 15.6. The summed E-state index contributed by atoms with van der Waals surface area (Å²) in [7, 11) is 0. The van der Waals surface area contributed by atoms with Gasteiger partial charge in [0.1, 0.15) is 5.82 Å². The van der Waals surface area contributed by atoms with Crippen LogP contribution in [0.1, 0.15) is 37.3 Å². The molecular weight excluding hydrogens is 464 g/mol. The van der Waals surface area contributed by atoms with Crippen molar-refractivity contribution in [2.24, 2.45) is 0 Å². The van der Waals surface area contributed by atoms with Gasteiger partial charge in [-0.05, 0) is 53.6 Å². The van der Waals surface area contributed by atoms with Crippen LogP contribution in [0.3, 0.4) is 0 Å². The Labute approximate surface area is 151 Å². The molecule has 2 aromatic rings. The van der Waals surface area contributed by atoms with Crippen LogP contribution in [0.5, 0.6) is 0 Å². The Morgan fingerprint density at radius 1 is 1.24 bits per heavy atom. The Balaban J connectivity index is 2.10. The van der Waals surface area contributed by atoms with Crippen LogP contribution in [0.15, 0.2) is 22.7 Å². The lowest BCUT2D eigenvalue weighted by Gasteiger charge is -2.14. The number of hydrogen-bond acceptors (Lipinski definition) is 3. The maximum Gasteiger partial charge on any atom is 0.163 e. The number of aromatic nitrogens is 2. The van der Waals surface area contributed by atoms with Gasteiger partial charge >= 0.3 is 0 Å². The maximum absolute atomic E-state index is 6.32. The second kappa shape index (κ2) is 6.38. The number of benzene rings is 1. The van der Waals surface area contributed by atoms with Gasteiger partial charge in [-0.2, -0.15) is 0 Å². The standard InChI is InChI=1S/C15H14BrClIN3/c16-9-5-6-10(11(17)7-9)15-20-13(8-3-1-2-4-8)12(18)14(19)21-15/h5-8H,1-4H2,(H2,19,20,21). The third-order valence-corrected chi connectivity index (χ3v) is 5.73. The second-order valence-electron chi connectivity index (χ2n) is 5.24. The molecule has 0 atom stereocenters. The highest BCUT2D eigenvalue weighted by molar-refractivity contribution is 14.1. The van der Waals surface area contributed by atoms with Crippen molar-refractivity contribution in [3.05, 3.63) is 37.0 Å². The van der Waals surface area contributed by atoms with E-state index in [4.69, 9.17) is 22.3 Å². The molecule has 21 heavy (non-hydrogen) atoms. The molecule has 0 amide bonds. The van der Waals surface area contributed by atoms with E-state index in [1.807, 2.05) is 18.2 Å². The third-order valence-electron chi connectivity index (χ3n) is 3.82. The number of hydrogen-bond donors (Lipinski definition) is 1. The van der Waals surface area contributed by atoms with Crippen LogP contribution >= 0.6 is 50.1 Å². The van der Waals surface area contributed by atoms with Crippen LogP contribution in [-0.4, -0.2) is 9.97 Å². The van der Waals surface area contributed by atoms with Crippen molar-refractivity contribution in [3.8, 4) is 11.4 Å². The van der Waals surface area contributed by atoms with Crippen molar-refractivity contribution in [1.82, 2.24) is 9.97 Å². The molecular formula is C15H14BrClIN3. The summed E-state index contributed by atoms with van der Waals surface area (Å²) >= 11 is 12.0. The average molecular weight is 479 g/mol. The number of rotatable bonds is 2. The van der Waals surface area contributed by atoms with Crippen molar-refractivity contribution in [2.75, 3.05) is 5.73 Å². The van der Waals surface area contributed by atoms with Gasteiger partial charge in [0.05, 0.1) is 14.3 Å². The summed E-state index contributed by atoms with van der Waals surface area (Å²) in [4.78, 5) is 9.20. The molecule has 0 saturated heterocycles. The van der Waals surface area contributed by atoms with Crippen molar-refractivity contribution in [3.63, 3.8) is 0 Å². The van der Waals surface area contributed by atoms with Crippen molar-refractivity contribution < 1.29 is 0 Å². The van der Waals surface area contributed by atoms with Crippen molar-refractivity contribution in [1.29, 1.82) is 0 Å². The zero-order valence-electron chi connectivity index (χ0n) is 11.2. The van der Waals surface area contributed by atoms with Gasteiger partial charge in [0, 0.05) is 16.0 Å². The number of nitrogens with zero attached hydrogens (tertiary/aromatic N) is 2. The Kier molecular flexibility index (Phi) is 4.71. The van der Waals surface area contributed by atoms with Crippen LogP contribution < -0.4 is 5.73 Å². The van der Waals surface area contributed by atoms with E-state index in [0.29, 0.717) is 22.6 Å². The van der Waals surface area contributed by atoms with E-state index in [0.717, 1.165) is 19.3 Å². The van der Waals surface area contributed by atoms with Crippen LogP contribution in [0.2, 0.25) is 5.02 Å². The lowest BCUT2D eigenvalue weighted by molar-refractivity contribution is 0.691. The zero-order chi connectivity index (χ0) is 15.0. The Hall–Kier alpha value is -0.400. The van der Waals surface area contributed by atoms with E-state index in [2.05, 4.69) is 43.5 Å². The molecule has 0 radical (unpaired) electrons. The van der Waals surface area contributed by atoms with Gasteiger partial charge in [-0.1, -0.05) is 40.4 Å². The topological polar surface area (TPSA) is 51.8 Å². The van der Waals surface area contributed by atoms with Gasteiger partial charge in [0.2, 0.25) is 0 Å². The summed E-state index contributed by atoms with van der Waals surface area (Å²) in [5.41, 5.74) is 8.00. The molecule has 0 spiro atoms. The van der Waals surface area contributed by atoms with E-state index >= 15 is 0 Å². The molecule has 0 bridgehead atoms. The molecule has 1 heterocycles. The molecule has 0 aliphatic heterocycles. The highest BCUT2D eigenvalue weighted by atomic mass is 127.